The van der Waals surface area contributed by atoms with E-state index < -0.39 is 0 Å². The number of benzene rings is 1. The van der Waals surface area contributed by atoms with Gasteiger partial charge < -0.3 is 19.3 Å². The minimum absolute atomic E-state index is 0.250. The largest absolute Gasteiger partial charge is 0.493 e. The molecule has 1 saturated heterocycles. The number of ether oxygens (including phenoxy) is 1. The van der Waals surface area contributed by atoms with Crippen LogP contribution in [0.5, 0.6) is 5.75 Å². The van der Waals surface area contributed by atoms with Gasteiger partial charge in [0.05, 0.1) is 17.9 Å². The number of hydrogen-bond donors (Lipinski definition) is 1. The molecule has 0 radical (unpaired) electrons. The third-order valence-electron chi connectivity index (χ3n) is 7.65. The van der Waals surface area contributed by atoms with Gasteiger partial charge in [0.1, 0.15) is 16.7 Å². The first-order valence-corrected chi connectivity index (χ1v) is 13.9. The summed E-state index contributed by atoms with van der Waals surface area (Å²) in [7, 11) is 4.10. The van der Waals surface area contributed by atoms with Crippen LogP contribution >= 0.6 is 11.3 Å². The lowest BCUT2D eigenvalue weighted by Gasteiger charge is -2.31. The Balaban J connectivity index is 1.18. The summed E-state index contributed by atoms with van der Waals surface area (Å²) >= 11 is 1.61. The van der Waals surface area contributed by atoms with E-state index in [-0.39, 0.29) is 6.61 Å². The molecular formula is C28H36N4O3S. The topological polar surface area (TPSA) is 85.8 Å². The Morgan fingerprint density at radius 3 is 2.75 bits per heavy atom. The molecule has 192 valence electrons. The molecule has 7 nitrogen and oxygen atoms in total. The number of nitriles is 1. The summed E-state index contributed by atoms with van der Waals surface area (Å²) in [4.78, 5) is 6.71. The molecule has 1 aliphatic heterocycles. The van der Waals surface area contributed by atoms with Crippen LogP contribution in [0.2, 0.25) is 0 Å². The molecule has 3 heterocycles. The smallest absolute Gasteiger partial charge is 0.175 e. The summed E-state index contributed by atoms with van der Waals surface area (Å²) < 4.78 is 12.1. The van der Waals surface area contributed by atoms with E-state index in [1.807, 2.05) is 6.07 Å². The maximum absolute atomic E-state index is 9.32. The van der Waals surface area contributed by atoms with Gasteiger partial charge in [-0.25, -0.2) is 0 Å². The molecule has 2 aliphatic rings. The molecule has 3 aromatic rings. The Hall–Kier alpha value is -2.44. The summed E-state index contributed by atoms with van der Waals surface area (Å²) in [5, 5.41) is 24.0. The van der Waals surface area contributed by atoms with Gasteiger partial charge in [-0.2, -0.15) is 5.26 Å². The zero-order chi connectivity index (χ0) is 25.1. The van der Waals surface area contributed by atoms with E-state index >= 15 is 0 Å². The van der Waals surface area contributed by atoms with Crippen LogP contribution in [0.1, 0.15) is 46.7 Å². The van der Waals surface area contributed by atoms with E-state index in [1.165, 1.54) is 17.7 Å². The number of nitrogens with zero attached hydrogens (tertiary/aromatic N) is 4. The number of rotatable bonds is 11. The van der Waals surface area contributed by atoms with Crippen molar-refractivity contribution in [2.45, 2.75) is 45.2 Å². The molecule has 1 N–H and O–H groups in total. The minimum Gasteiger partial charge on any atom is -0.493 e. The van der Waals surface area contributed by atoms with Gasteiger partial charge in [-0.1, -0.05) is 5.16 Å². The highest BCUT2D eigenvalue weighted by molar-refractivity contribution is 7.12. The van der Waals surface area contributed by atoms with Crippen LogP contribution in [-0.4, -0.2) is 60.5 Å². The van der Waals surface area contributed by atoms with E-state index in [0.29, 0.717) is 24.4 Å². The maximum atomic E-state index is 9.32. The summed E-state index contributed by atoms with van der Waals surface area (Å²) in [5.41, 5.74) is 2.94. The highest BCUT2D eigenvalue weighted by atomic mass is 32.1. The van der Waals surface area contributed by atoms with Crippen molar-refractivity contribution in [2.24, 2.45) is 17.8 Å². The average molecular weight is 509 g/mol. The fourth-order valence-electron chi connectivity index (χ4n) is 5.32. The molecule has 2 aromatic heterocycles. The molecule has 36 heavy (non-hydrogen) atoms. The minimum atomic E-state index is 0.250. The van der Waals surface area contributed by atoms with Crippen LogP contribution in [0, 0.1) is 29.1 Å². The molecule has 1 saturated carbocycles. The third-order valence-corrected chi connectivity index (χ3v) is 8.63. The van der Waals surface area contributed by atoms with Gasteiger partial charge in [0.25, 0.3) is 0 Å². The molecular weight excluding hydrogens is 472 g/mol. The van der Waals surface area contributed by atoms with Crippen molar-refractivity contribution >= 4 is 22.3 Å². The predicted molar refractivity (Wildman–Crippen MR) is 141 cm³/mol. The number of thiophene rings is 1. The van der Waals surface area contributed by atoms with Gasteiger partial charge in [-0.05, 0) is 101 Å². The SMILES string of the molecule is CN(C)Cc1c(OC[C@H]2C[C@H]2CO)ccc2c(CCC3CCN(Cc4ccc(C#N)s4)CC3)noc12. The molecule has 1 aliphatic carbocycles. The van der Waals surface area contributed by atoms with Gasteiger partial charge in [-0.3, -0.25) is 4.90 Å². The third kappa shape index (κ3) is 5.92. The number of aliphatic hydroxyl groups excluding tert-OH is 1. The van der Waals surface area contributed by atoms with Gasteiger partial charge in [-0.15, -0.1) is 11.3 Å². The first-order chi connectivity index (χ1) is 17.5. The van der Waals surface area contributed by atoms with E-state index in [9.17, 15) is 5.11 Å². The summed E-state index contributed by atoms with van der Waals surface area (Å²) in [6, 6.07) is 10.4. The molecule has 2 atom stereocenters. The van der Waals surface area contributed by atoms with Crippen molar-refractivity contribution in [2.75, 3.05) is 40.4 Å². The molecule has 0 bridgehead atoms. The Labute approximate surface area is 217 Å². The van der Waals surface area contributed by atoms with E-state index in [0.717, 1.165) is 78.3 Å². The van der Waals surface area contributed by atoms with E-state index in [1.54, 1.807) is 11.3 Å². The van der Waals surface area contributed by atoms with Crippen LogP contribution in [0.4, 0.5) is 0 Å². The number of aliphatic hydroxyl groups is 1. The second-order valence-electron chi connectivity index (χ2n) is 10.7. The molecule has 0 spiro atoms. The number of likely N-dealkylation sites (tertiary alicyclic amines) is 1. The standard InChI is InChI=1S/C28H36N4O3S/c1-31(2)16-25-27(34-18-21-13-20(21)17-33)8-6-24-26(30-35-28(24)25)7-3-19-9-11-32(12-10-19)15-23-5-4-22(14-29)36-23/h4-6,8,19-21,33H,3,7,9-13,15-18H2,1-2H3/t20-,21+/m0/s1. The summed E-state index contributed by atoms with van der Waals surface area (Å²) in [6.07, 6.45) is 5.50. The lowest BCUT2D eigenvalue weighted by atomic mass is 9.91. The molecule has 0 unspecified atom stereocenters. The molecule has 0 amide bonds. The lowest BCUT2D eigenvalue weighted by Crippen LogP contribution is -2.33. The Morgan fingerprint density at radius 1 is 1.22 bits per heavy atom. The number of aryl methyl sites for hydroxylation is 1. The van der Waals surface area contributed by atoms with Gasteiger partial charge in [0, 0.05) is 30.0 Å². The predicted octanol–water partition coefficient (Wildman–Crippen LogP) is 4.67. The van der Waals surface area contributed by atoms with E-state index in [2.05, 4.69) is 53.3 Å². The van der Waals surface area contributed by atoms with Crippen LogP contribution in [0.25, 0.3) is 11.0 Å². The number of piperidine rings is 1. The monoisotopic (exact) mass is 508 g/mol. The average Bonchev–Trinajstić information content (AvgIpc) is 3.28. The van der Waals surface area contributed by atoms with Crippen molar-refractivity contribution in [3.63, 3.8) is 0 Å². The number of fused-ring (bicyclic) bond motifs is 1. The van der Waals surface area contributed by atoms with Gasteiger partial charge >= 0.3 is 0 Å². The van der Waals surface area contributed by atoms with Gasteiger partial charge in [0.2, 0.25) is 0 Å². The van der Waals surface area contributed by atoms with Crippen LogP contribution in [-0.2, 0) is 19.5 Å². The first kappa shape index (κ1) is 25.2. The number of hydrogen-bond acceptors (Lipinski definition) is 8. The normalized spacial score (nSPS) is 20.8. The Kier molecular flexibility index (Phi) is 7.92. The van der Waals surface area contributed by atoms with Crippen molar-refractivity contribution in [1.29, 1.82) is 5.26 Å². The second kappa shape index (κ2) is 11.3. The Morgan fingerprint density at radius 2 is 2.06 bits per heavy atom. The Bertz CT molecular complexity index is 1210. The van der Waals surface area contributed by atoms with Crippen LogP contribution in [0.15, 0.2) is 28.8 Å². The maximum Gasteiger partial charge on any atom is 0.175 e. The lowest BCUT2D eigenvalue weighted by molar-refractivity contribution is 0.173. The quantitative estimate of drug-likeness (QED) is 0.403. The fourth-order valence-corrected chi connectivity index (χ4v) is 6.17. The van der Waals surface area contributed by atoms with Crippen LogP contribution < -0.4 is 4.74 Å². The van der Waals surface area contributed by atoms with Crippen molar-refractivity contribution in [3.8, 4) is 11.8 Å². The van der Waals surface area contributed by atoms with Crippen molar-refractivity contribution in [3.05, 3.63) is 45.3 Å². The second-order valence-corrected chi connectivity index (χ2v) is 11.8. The van der Waals surface area contributed by atoms with Crippen molar-refractivity contribution < 1.29 is 14.4 Å². The summed E-state index contributed by atoms with van der Waals surface area (Å²) in [5.74, 6) is 2.41. The first-order valence-electron chi connectivity index (χ1n) is 13.0. The molecule has 2 fully saturated rings. The fraction of sp³-hybridized carbons (Fsp3) is 0.571. The van der Waals surface area contributed by atoms with Gasteiger partial charge in [0.15, 0.2) is 5.58 Å². The highest BCUT2D eigenvalue weighted by Crippen LogP contribution is 2.39. The zero-order valence-electron chi connectivity index (χ0n) is 21.3. The molecule has 8 heteroatoms. The number of aromatic nitrogens is 1. The van der Waals surface area contributed by atoms with Crippen molar-refractivity contribution in [1.82, 2.24) is 15.0 Å². The highest BCUT2D eigenvalue weighted by Gasteiger charge is 2.37. The van der Waals surface area contributed by atoms with Crippen LogP contribution in [0.3, 0.4) is 0 Å². The van der Waals surface area contributed by atoms with E-state index in [4.69, 9.17) is 14.5 Å². The molecule has 5 rings (SSSR count). The molecule has 1 aromatic carbocycles. The zero-order valence-corrected chi connectivity index (χ0v) is 22.1. The summed E-state index contributed by atoms with van der Waals surface area (Å²) in [6.45, 7) is 4.79.